The molecule has 1 aliphatic carbocycles. The van der Waals surface area contributed by atoms with Crippen LogP contribution in [-0.4, -0.2) is 6.29 Å². The van der Waals surface area contributed by atoms with Crippen molar-refractivity contribution in [2.75, 3.05) is 0 Å². The maximum atomic E-state index is 10.3. The van der Waals surface area contributed by atoms with Gasteiger partial charge in [0.05, 0.1) is 0 Å². The van der Waals surface area contributed by atoms with Crippen LogP contribution in [0.4, 0.5) is 0 Å². The summed E-state index contributed by atoms with van der Waals surface area (Å²) in [5.74, 6) is 1.17. The molecule has 1 heteroatoms. The van der Waals surface area contributed by atoms with Gasteiger partial charge in [0.25, 0.3) is 0 Å². The number of hydrogen-bond acceptors (Lipinski definition) is 1. The molecular weight excluding hydrogens is 112 g/mol. The van der Waals surface area contributed by atoms with Crippen LogP contribution in [0.15, 0.2) is 0 Å². The van der Waals surface area contributed by atoms with Crippen LogP contribution in [0.2, 0.25) is 0 Å². The molecule has 0 N–H and O–H groups in total. The van der Waals surface area contributed by atoms with Gasteiger partial charge in [0.1, 0.15) is 6.29 Å². The molecule has 0 spiro atoms. The van der Waals surface area contributed by atoms with E-state index >= 15 is 0 Å². The summed E-state index contributed by atoms with van der Waals surface area (Å²) in [6.07, 6.45) is 5.96. The average molecular weight is 126 g/mol. The van der Waals surface area contributed by atoms with Gasteiger partial charge in [-0.1, -0.05) is 19.8 Å². The quantitative estimate of drug-likeness (QED) is 0.491. The molecular formula is C8H14O. The fraction of sp³-hybridized carbons (Fsp3) is 0.875. The lowest BCUT2D eigenvalue weighted by atomic mass is 9.83. The predicted octanol–water partition coefficient (Wildman–Crippen LogP) is 2.01. The number of carbonyl (C=O) groups excluding carboxylic acids is 1. The predicted molar refractivity (Wildman–Crippen MR) is 37.2 cm³/mol. The van der Waals surface area contributed by atoms with Gasteiger partial charge in [-0.05, 0) is 18.8 Å². The molecule has 0 saturated heterocycles. The Balaban J connectivity index is 2.31. The van der Waals surface area contributed by atoms with E-state index in [4.69, 9.17) is 0 Å². The number of hydrogen-bond donors (Lipinski definition) is 0. The summed E-state index contributed by atoms with van der Waals surface area (Å²) in [5.41, 5.74) is 0. The molecule has 1 rings (SSSR count). The van der Waals surface area contributed by atoms with Gasteiger partial charge in [-0.2, -0.15) is 0 Å². The zero-order chi connectivity index (χ0) is 6.69. The van der Waals surface area contributed by atoms with Crippen LogP contribution >= 0.6 is 0 Å². The molecule has 0 aromatic carbocycles. The largest absolute Gasteiger partial charge is 0.303 e. The molecule has 2 atom stereocenters. The summed E-state index contributed by atoms with van der Waals surface area (Å²) < 4.78 is 0. The highest BCUT2D eigenvalue weighted by Crippen LogP contribution is 2.26. The smallest absolute Gasteiger partial charge is 0.123 e. The molecule has 1 nitrogen and oxygen atoms in total. The minimum Gasteiger partial charge on any atom is -0.303 e. The van der Waals surface area contributed by atoms with E-state index in [0.717, 1.165) is 25.0 Å². The summed E-state index contributed by atoms with van der Waals surface area (Å²) in [7, 11) is 0. The molecule has 0 unspecified atom stereocenters. The monoisotopic (exact) mass is 126 g/mol. The Morgan fingerprint density at radius 1 is 1.44 bits per heavy atom. The number of rotatable bonds is 1. The molecule has 1 aliphatic rings. The van der Waals surface area contributed by atoms with E-state index in [2.05, 4.69) is 6.92 Å². The Kier molecular flexibility index (Phi) is 2.26. The minimum atomic E-state index is 0.383. The van der Waals surface area contributed by atoms with E-state index in [0.29, 0.717) is 5.92 Å². The van der Waals surface area contributed by atoms with Crippen LogP contribution in [0.3, 0.4) is 0 Å². The highest BCUT2D eigenvalue weighted by molar-refractivity contribution is 5.53. The molecule has 0 aromatic heterocycles. The molecule has 0 bridgehead atoms. The van der Waals surface area contributed by atoms with Crippen molar-refractivity contribution in [2.45, 2.75) is 32.6 Å². The van der Waals surface area contributed by atoms with Crippen molar-refractivity contribution in [1.82, 2.24) is 0 Å². The van der Waals surface area contributed by atoms with Gasteiger partial charge in [0.2, 0.25) is 0 Å². The Morgan fingerprint density at radius 2 is 2.22 bits per heavy atom. The third-order valence-corrected chi connectivity index (χ3v) is 2.17. The molecule has 0 aliphatic heterocycles. The van der Waals surface area contributed by atoms with Crippen molar-refractivity contribution in [3.8, 4) is 0 Å². The van der Waals surface area contributed by atoms with Crippen LogP contribution in [-0.2, 0) is 4.79 Å². The van der Waals surface area contributed by atoms with Crippen molar-refractivity contribution < 1.29 is 4.79 Å². The van der Waals surface area contributed by atoms with Crippen LogP contribution in [0, 0.1) is 11.8 Å². The molecule has 0 radical (unpaired) electrons. The van der Waals surface area contributed by atoms with Gasteiger partial charge in [0.15, 0.2) is 0 Å². The average Bonchev–Trinajstić information content (AvgIpc) is 1.88. The minimum absolute atomic E-state index is 0.383. The summed E-state index contributed by atoms with van der Waals surface area (Å²) in [6.45, 7) is 2.23. The van der Waals surface area contributed by atoms with Gasteiger partial charge in [-0.25, -0.2) is 0 Å². The Bertz CT molecular complexity index is 98.7. The highest BCUT2D eigenvalue weighted by atomic mass is 16.1. The Labute approximate surface area is 56.4 Å². The van der Waals surface area contributed by atoms with Crippen molar-refractivity contribution in [3.05, 3.63) is 0 Å². The van der Waals surface area contributed by atoms with Gasteiger partial charge in [0, 0.05) is 5.92 Å². The van der Waals surface area contributed by atoms with Gasteiger partial charge in [-0.15, -0.1) is 0 Å². The van der Waals surface area contributed by atoms with Crippen LogP contribution in [0.1, 0.15) is 32.6 Å². The molecule has 0 amide bonds. The van der Waals surface area contributed by atoms with Crippen molar-refractivity contribution in [2.24, 2.45) is 11.8 Å². The standard InChI is InChI=1S/C8H14O/c1-7-3-2-4-8(5-7)6-9/h6-8H,2-5H2,1H3/t7-,8-/m1/s1. The first-order valence-electron chi connectivity index (χ1n) is 3.78. The van der Waals surface area contributed by atoms with Gasteiger partial charge >= 0.3 is 0 Å². The summed E-state index contributed by atoms with van der Waals surface area (Å²) in [5, 5.41) is 0. The summed E-state index contributed by atoms with van der Waals surface area (Å²) in [6, 6.07) is 0. The first-order valence-corrected chi connectivity index (χ1v) is 3.78. The second-order valence-electron chi connectivity index (χ2n) is 3.17. The SMILES string of the molecule is C[C@@H]1CCC[C@@H](C=O)C1. The normalized spacial score (nSPS) is 36.1. The first-order chi connectivity index (χ1) is 4.33. The van der Waals surface area contributed by atoms with E-state index < -0.39 is 0 Å². The maximum absolute atomic E-state index is 10.3. The molecule has 1 fully saturated rings. The van der Waals surface area contributed by atoms with E-state index in [-0.39, 0.29) is 0 Å². The zero-order valence-corrected chi connectivity index (χ0v) is 5.97. The molecule has 0 aromatic rings. The summed E-state index contributed by atoms with van der Waals surface area (Å²) in [4.78, 5) is 10.3. The summed E-state index contributed by atoms with van der Waals surface area (Å²) >= 11 is 0. The number of carbonyl (C=O) groups is 1. The lowest BCUT2D eigenvalue weighted by Crippen LogP contribution is -2.13. The zero-order valence-electron chi connectivity index (χ0n) is 5.97. The third-order valence-electron chi connectivity index (χ3n) is 2.17. The van der Waals surface area contributed by atoms with Crippen LogP contribution < -0.4 is 0 Å². The molecule has 1 saturated carbocycles. The van der Waals surface area contributed by atoms with E-state index in [1.165, 1.54) is 12.8 Å². The fourth-order valence-electron chi connectivity index (χ4n) is 1.60. The second kappa shape index (κ2) is 3.00. The van der Waals surface area contributed by atoms with E-state index in [1.54, 1.807) is 0 Å². The van der Waals surface area contributed by atoms with Crippen molar-refractivity contribution in [1.29, 1.82) is 0 Å². The van der Waals surface area contributed by atoms with Gasteiger partial charge < -0.3 is 4.79 Å². The fourth-order valence-corrected chi connectivity index (χ4v) is 1.60. The lowest BCUT2D eigenvalue weighted by molar-refractivity contribution is -0.112. The highest BCUT2D eigenvalue weighted by Gasteiger charge is 2.17. The number of aldehydes is 1. The van der Waals surface area contributed by atoms with E-state index in [1.807, 2.05) is 0 Å². The van der Waals surface area contributed by atoms with Gasteiger partial charge in [-0.3, -0.25) is 0 Å². The third kappa shape index (κ3) is 1.81. The van der Waals surface area contributed by atoms with Crippen LogP contribution in [0.5, 0.6) is 0 Å². The molecule has 9 heavy (non-hydrogen) atoms. The second-order valence-corrected chi connectivity index (χ2v) is 3.17. The Hall–Kier alpha value is -0.330. The van der Waals surface area contributed by atoms with E-state index in [9.17, 15) is 4.79 Å². The lowest BCUT2D eigenvalue weighted by Gasteiger charge is -2.21. The van der Waals surface area contributed by atoms with Crippen molar-refractivity contribution >= 4 is 6.29 Å². The van der Waals surface area contributed by atoms with Crippen molar-refractivity contribution in [3.63, 3.8) is 0 Å². The molecule has 0 heterocycles. The Morgan fingerprint density at radius 3 is 2.67 bits per heavy atom. The molecule has 52 valence electrons. The maximum Gasteiger partial charge on any atom is 0.123 e. The van der Waals surface area contributed by atoms with Crippen LogP contribution in [0.25, 0.3) is 0 Å². The first kappa shape index (κ1) is 6.79. The topological polar surface area (TPSA) is 17.1 Å².